The Labute approximate surface area is 138 Å². The highest BCUT2D eigenvalue weighted by molar-refractivity contribution is 8.02. The molecule has 0 spiro atoms. The molecular formula is C13H13F3N4OS2. The summed E-state index contributed by atoms with van der Waals surface area (Å²) in [4.78, 5) is 12.0. The Bertz CT molecular complexity index is 648. The first-order valence-corrected chi connectivity index (χ1v) is 8.20. The van der Waals surface area contributed by atoms with Crippen molar-refractivity contribution in [2.75, 3.05) is 17.2 Å². The van der Waals surface area contributed by atoms with Crippen LogP contribution in [0.1, 0.15) is 6.92 Å². The third-order valence-corrected chi connectivity index (χ3v) is 4.60. The van der Waals surface area contributed by atoms with Crippen LogP contribution in [0.4, 0.5) is 24.0 Å². The van der Waals surface area contributed by atoms with Gasteiger partial charge in [0.1, 0.15) is 6.54 Å². The van der Waals surface area contributed by atoms with Gasteiger partial charge >= 0.3 is 6.18 Å². The molecular weight excluding hydrogens is 349 g/mol. The van der Waals surface area contributed by atoms with E-state index in [0.29, 0.717) is 10.0 Å². The SMILES string of the molecule is C[C@H](Sc1nnc(NCC(F)(F)F)s1)C(=O)Nc1ccccc1. The van der Waals surface area contributed by atoms with Gasteiger partial charge in [-0.15, -0.1) is 10.2 Å². The molecule has 1 heterocycles. The number of benzene rings is 1. The van der Waals surface area contributed by atoms with Gasteiger partial charge in [0, 0.05) is 5.69 Å². The Kier molecular flexibility index (Phi) is 5.83. The largest absolute Gasteiger partial charge is 0.405 e. The molecule has 0 bridgehead atoms. The average Bonchev–Trinajstić information content (AvgIpc) is 2.93. The normalized spacial score (nSPS) is 12.7. The number of carbonyl (C=O) groups is 1. The fourth-order valence-corrected chi connectivity index (χ4v) is 3.37. The van der Waals surface area contributed by atoms with E-state index in [9.17, 15) is 18.0 Å². The molecule has 0 saturated carbocycles. The van der Waals surface area contributed by atoms with Crippen molar-refractivity contribution in [1.29, 1.82) is 0 Å². The van der Waals surface area contributed by atoms with Gasteiger partial charge in [-0.3, -0.25) is 4.79 Å². The van der Waals surface area contributed by atoms with E-state index >= 15 is 0 Å². The summed E-state index contributed by atoms with van der Waals surface area (Å²) in [6, 6.07) is 8.97. The van der Waals surface area contributed by atoms with E-state index in [1.165, 1.54) is 0 Å². The van der Waals surface area contributed by atoms with Gasteiger partial charge in [-0.2, -0.15) is 13.2 Å². The predicted octanol–water partition coefficient (Wildman–Crippen LogP) is 3.63. The van der Waals surface area contributed by atoms with Crippen LogP contribution in [-0.4, -0.2) is 34.1 Å². The van der Waals surface area contributed by atoms with Gasteiger partial charge in [-0.1, -0.05) is 41.3 Å². The van der Waals surface area contributed by atoms with Crippen molar-refractivity contribution in [3.05, 3.63) is 30.3 Å². The van der Waals surface area contributed by atoms with Gasteiger partial charge in [-0.05, 0) is 19.1 Å². The van der Waals surface area contributed by atoms with Gasteiger partial charge in [0.2, 0.25) is 11.0 Å². The van der Waals surface area contributed by atoms with Gasteiger partial charge in [-0.25, -0.2) is 0 Å². The van der Waals surface area contributed by atoms with Crippen LogP contribution in [0.15, 0.2) is 34.7 Å². The number of anilines is 2. The van der Waals surface area contributed by atoms with Crippen LogP contribution < -0.4 is 10.6 Å². The van der Waals surface area contributed by atoms with E-state index in [0.717, 1.165) is 23.1 Å². The Morgan fingerprint density at radius 2 is 2.00 bits per heavy atom. The van der Waals surface area contributed by atoms with Crippen LogP contribution in [0.5, 0.6) is 0 Å². The average molecular weight is 362 g/mol. The van der Waals surface area contributed by atoms with Crippen LogP contribution in [-0.2, 0) is 4.79 Å². The van der Waals surface area contributed by atoms with Crippen LogP contribution in [0.3, 0.4) is 0 Å². The van der Waals surface area contributed by atoms with Gasteiger partial charge in [0.25, 0.3) is 0 Å². The molecule has 124 valence electrons. The lowest BCUT2D eigenvalue weighted by atomic mass is 10.3. The monoisotopic (exact) mass is 362 g/mol. The molecule has 2 aromatic rings. The van der Waals surface area contributed by atoms with Crippen LogP contribution in [0, 0.1) is 0 Å². The maximum atomic E-state index is 12.1. The topological polar surface area (TPSA) is 66.9 Å². The highest BCUT2D eigenvalue weighted by Gasteiger charge is 2.27. The molecule has 10 heteroatoms. The number of hydrogen-bond donors (Lipinski definition) is 2. The molecule has 1 aromatic heterocycles. The minimum absolute atomic E-state index is 0.0699. The first kappa shape index (κ1) is 17.5. The number of alkyl halides is 3. The number of nitrogens with one attached hydrogen (secondary N) is 2. The first-order valence-electron chi connectivity index (χ1n) is 6.50. The summed E-state index contributed by atoms with van der Waals surface area (Å²) < 4.78 is 36.7. The number of rotatable bonds is 6. The van der Waals surface area contributed by atoms with Gasteiger partial charge in [0.15, 0.2) is 4.34 Å². The van der Waals surface area contributed by atoms with Gasteiger partial charge < -0.3 is 10.6 Å². The molecule has 1 aromatic carbocycles. The second-order valence-electron chi connectivity index (χ2n) is 4.46. The van der Waals surface area contributed by atoms with E-state index < -0.39 is 18.0 Å². The lowest BCUT2D eigenvalue weighted by molar-refractivity contribution is -0.116. The zero-order chi connectivity index (χ0) is 16.9. The summed E-state index contributed by atoms with van der Waals surface area (Å²) in [5.41, 5.74) is 0.676. The summed E-state index contributed by atoms with van der Waals surface area (Å²) in [6.07, 6.45) is -4.32. The lowest BCUT2D eigenvalue weighted by Gasteiger charge is -2.09. The van der Waals surface area contributed by atoms with Crippen molar-refractivity contribution in [2.45, 2.75) is 22.7 Å². The Morgan fingerprint density at radius 3 is 2.65 bits per heavy atom. The molecule has 0 saturated heterocycles. The van der Waals surface area contributed by atoms with Crippen LogP contribution in [0.25, 0.3) is 0 Å². The van der Waals surface area contributed by atoms with E-state index in [4.69, 9.17) is 0 Å². The highest BCUT2D eigenvalue weighted by atomic mass is 32.2. The maximum absolute atomic E-state index is 12.1. The number of aromatic nitrogens is 2. The molecule has 2 N–H and O–H groups in total. The van der Waals surface area contributed by atoms with E-state index in [1.54, 1.807) is 31.2 Å². The zero-order valence-electron chi connectivity index (χ0n) is 11.9. The molecule has 0 aliphatic carbocycles. The third-order valence-electron chi connectivity index (χ3n) is 2.53. The van der Waals surface area contributed by atoms with Crippen molar-refractivity contribution in [1.82, 2.24) is 10.2 Å². The van der Waals surface area contributed by atoms with Crippen molar-refractivity contribution < 1.29 is 18.0 Å². The molecule has 5 nitrogen and oxygen atoms in total. The first-order chi connectivity index (χ1) is 10.8. The highest BCUT2D eigenvalue weighted by Crippen LogP contribution is 2.30. The molecule has 23 heavy (non-hydrogen) atoms. The van der Waals surface area contributed by atoms with E-state index in [2.05, 4.69) is 20.8 Å². The third kappa shape index (κ3) is 6.06. The maximum Gasteiger partial charge on any atom is 0.405 e. The van der Waals surface area contributed by atoms with E-state index in [1.807, 2.05) is 6.07 Å². The molecule has 0 aliphatic heterocycles. The van der Waals surface area contributed by atoms with Crippen molar-refractivity contribution in [3.63, 3.8) is 0 Å². The minimum atomic E-state index is -4.32. The Morgan fingerprint density at radius 1 is 1.30 bits per heavy atom. The summed E-state index contributed by atoms with van der Waals surface area (Å²) in [6.45, 7) is 0.517. The fraction of sp³-hybridized carbons (Fsp3) is 0.308. The Balaban J connectivity index is 1.86. The quantitative estimate of drug-likeness (QED) is 0.768. The summed E-state index contributed by atoms with van der Waals surface area (Å²) in [5.74, 6) is -0.221. The second-order valence-corrected chi connectivity index (χ2v) is 7.02. The van der Waals surface area contributed by atoms with E-state index in [-0.39, 0.29) is 11.0 Å². The number of para-hydroxylation sites is 1. The smallest absolute Gasteiger partial charge is 0.351 e. The number of halogens is 3. The number of thioether (sulfide) groups is 1. The van der Waals surface area contributed by atoms with Crippen molar-refractivity contribution >= 4 is 39.8 Å². The van der Waals surface area contributed by atoms with Crippen LogP contribution >= 0.6 is 23.1 Å². The summed E-state index contributed by atoms with van der Waals surface area (Å²) in [7, 11) is 0. The second kappa shape index (κ2) is 7.64. The number of nitrogens with zero attached hydrogens (tertiary/aromatic N) is 2. The summed E-state index contributed by atoms with van der Waals surface area (Å²) >= 11 is 2.11. The molecule has 0 fully saturated rings. The number of amides is 1. The van der Waals surface area contributed by atoms with Crippen LogP contribution in [0.2, 0.25) is 0 Å². The van der Waals surface area contributed by atoms with Gasteiger partial charge in [0.05, 0.1) is 5.25 Å². The molecule has 2 rings (SSSR count). The fourth-order valence-electron chi connectivity index (χ4n) is 1.47. The summed E-state index contributed by atoms with van der Waals surface area (Å²) in [5, 5.41) is 11.9. The molecule has 1 amide bonds. The predicted molar refractivity (Wildman–Crippen MR) is 84.8 cm³/mol. The zero-order valence-corrected chi connectivity index (χ0v) is 13.6. The molecule has 0 radical (unpaired) electrons. The molecule has 0 aliphatic rings. The Hall–Kier alpha value is -1.81. The number of hydrogen-bond acceptors (Lipinski definition) is 6. The molecule has 1 atom stereocenters. The minimum Gasteiger partial charge on any atom is -0.351 e. The lowest BCUT2D eigenvalue weighted by Crippen LogP contribution is -2.22. The standard InChI is InChI=1S/C13H13F3N4OS2/c1-8(10(21)18-9-5-3-2-4-6-9)22-12-20-19-11(23-12)17-7-13(14,15)16/h2-6,8H,7H2,1H3,(H,17,19)(H,18,21)/t8-/m0/s1. The van der Waals surface area contributed by atoms with Crippen molar-refractivity contribution in [2.24, 2.45) is 0 Å². The van der Waals surface area contributed by atoms with Crippen molar-refractivity contribution in [3.8, 4) is 0 Å². The molecule has 0 unspecified atom stereocenters. The number of carbonyl (C=O) groups excluding carboxylic acids is 1.